The number of amides is 2. The number of benzene rings is 1. The van der Waals surface area contributed by atoms with E-state index in [1.165, 1.54) is 5.56 Å². The molecule has 6 nitrogen and oxygen atoms in total. The molecule has 0 saturated carbocycles. The number of hydrogen-bond acceptors (Lipinski definition) is 4. The number of ether oxygens (including phenoxy) is 1. The Morgan fingerprint density at radius 1 is 1.00 bits per heavy atom. The van der Waals surface area contributed by atoms with Gasteiger partial charge in [-0.2, -0.15) is 0 Å². The molecule has 1 aliphatic heterocycles. The monoisotopic (exact) mass is 375 g/mol. The number of nitrogens with zero attached hydrogens (tertiary/aromatic N) is 2. The van der Waals surface area contributed by atoms with E-state index in [9.17, 15) is 9.59 Å². The maximum atomic E-state index is 12.7. The van der Waals surface area contributed by atoms with Gasteiger partial charge in [-0.15, -0.1) is 0 Å². The molecule has 0 aliphatic carbocycles. The maximum absolute atomic E-state index is 12.7. The van der Waals surface area contributed by atoms with E-state index in [0.29, 0.717) is 31.9 Å². The van der Waals surface area contributed by atoms with Crippen LogP contribution in [-0.2, 0) is 16.0 Å². The van der Waals surface area contributed by atoms with Crippen LogP contribution in [0.25, 0.3) is 0 Å². The Hall–Kier alpha value is -2.08. The number of hydrogen-bond donors (Lipinski definition) is 1. The lowest BCUT2D eigenvalue weighted by atomic mass is 9.98. The van der Waals surface area contributed by atoms with Gasteiger partial charge in [0.2, 0.25) is 5.91 Å². The number of nitrogens with two attached hydrogens (primary N) is 1. The van der Waals surface area contributed by atoms with E-state index in [2.05, 4.69) is 6.92 Å². The van der Waals surface area contributed by atoms with Crippen LogP contribution in [0.3, 0.4) is 0 Å². The zero-order chi connectivity index (χ0) is 20.0. The second kappa shape index (κ2) is 9.74. The first-order valence-corrected chi connectivity index (χ1v) is 9.96. The van der Waals surface area contributed by atoms with Gasteiger partial charge in [0.1, 0.15) is 5.75 Å². The van der Waals surface area contributed by atoms with Gasteiger partial charge in [0.15, 0.2) is 6.10 Å². The summed E-state index contributed by atoms with van der Waals surface area (Å²) >= 11 is 0. The molecular formula is C21H33N3O3. The molecule has 3 atom stereocenters. The molecule has 1 aromatic rings. The highest BCUT2D eigenvalue weighted by molar-refractivity contribution is 5.83. The quantitative estimate of drug-likeness (QED) is 0.791. The van der Waals surface area contributed by atoms with E-state index in [4.69, 9.17) is 10.5 Å². The number of rotatable bonds is 7. The average molecular weight is 376 g/mol. The van der Waals surface area contributed by atoms with E-state index in [-0.39, 0.29) is 17.7 Å². The molecule has 1 aliphatic rings. The lowest BCUT2D eigenvalue weighted by molar-refractivity contribution is -0.144. The molecule has 0 radical (unpaired) electrons. The summed E-state index contributed by atoms with van der Waals surface area (Å²) in [4.78, 5) is 28.7. The first-order valence-electron chi connectivity index (χ1n) is 9.96. The maximum Gasteiger partial charge on any atom is 0.263 e. The lowest BCUT2D eigenvalue weighted by Crippen LogP contribution is -2.56. The fourth-order valence-corrected chi connectivity index (χ4v) is 3.17. The van der Waals surface area contributed by atoms with Gasteiger partial charge in [-0.1, -0.05) is 39.3 Å². The number of piperazine rings is 1. The van der Waals surface area contributed by atoms with Gasteiger partial charge < -0.3 is 20.3 Å². The van der Waals surface area contributed by atoms with Crippen LogP contribution in [0.1, 0.15) is 39.7 Å². The fourth-order valence-electron chi connectivity index (χ4n) is 3.17. The normalized spacial score (nSPS) is 18.0. The van der Waals surface area contributed by atoms with Crippen LogP contribution in [-0.4, -0.2) is 59.9 Å². The smallest absolute Gasteiger partial charge is 0.263 e. The summed E-state index contributed by atoms with van der Waals surface area (Å²) < 4.78 is 5.80. The molecule has 1 aromatic carbocycles. The molecule has 2 rings (SSSR count). The summed E-state index contributed by atoms with van der Waals surface area (Å²) in [7, 11) is 0. The Bertz CT molecular complexity index is 624. The van der Waals surface area contributed by atoms with Crippen molar-refractivity contribution in [3.8, 4) is 5.75 Å². The molecule has 2 amide bonds. The Morgan fingerprint density at radius 3 is 2.00 bits per heavy atom. The van der Waals surface area contributed by atoms with Gasteiger partial charge in [-0.3, -0.25) is 9.59 Å². The van der Waals surface area contributed by atoms with Crippen LogP contribution in [0.5, 0.6) is 5.75 Å². The predicted molar refractivity (Wildman–Crippen MR) is 107 cm³/mol. The van der Waals surface area contributed by atoms with Crippen molar-refractivity contribution in [1.82, 2.24) is 9.80 Å². The van der Waals surface area contributed by atoms with E-state index in [0.717, 1.165) is 12.8 Å². The van der Waals surface area contributed by atoms with Crippen molar-refractivity contribution in [2.45, 2.75) is 52.7 Å². The SMILES string of the molecule is CCc1ccc(OC(C)C(=O)N2CCN(C(=O)C(N)C(C)CC)CC2)cc1. The molecule has 1 heterocycles. The third kappa shape index (κ3) is 5.45. The molecule has 1 fully saturated rings. The summed E-state index contributed by atoms with van der Waals surface area (Å²) in [5, 5.41) is 0. The van der Waals surface area contributed by atoms with Gasteiger partial charge in [0.05, 0.1) is 6.04 Å². The summed E-state index contributed by atoms with van der Waals surface area (Å²) in [5.41, 5.74) is 7.29. The van der Waals surface area contributed by atoms with Crippen molar-refractivity contribution in [1.29, 1.82) is 0 Å². The molecular weight excluding hydrogens is 342 g/mol. The van der Waals surface area contributed by atoms with Gasteiger partial charge in [0.25, 0.3) is 5.91 Å². The molecule has 2 N–H and O–H groups in total. The largest absolute Gasteiger partial charge is 0.481 e. The molecule has 3 unspecified atom stereocenters. The first kappa shape index (κ1) is 21.2. The second-order valence-corrected chi connectivity index (χ2v) is 7.32. The minimum atomic E-state index is -0.554. The third-order valence-corrected chi connectivity index (χ3v) is 5.44. The van der Waals surface area contributed by atoms with Crippen LogP contribution in [0.4, 0.5) is 0 Å². The summed E-state index contributed by atoms with van der Waals surface area (Å²) in [6, 6.07) is 7.35. The molecule has 150 valence electrons. The number of carbonyl (C=O) groups excluding carboxylic acids is 2. The van der Waals surface area contributed by atoms with Crippen LogP contribution in [0, 0.1) is 5.92 Å². The summed E-state index contributed by atoms with van der Waals surface area (Å²) in [5.74, 6) is 0.788. The van der Waals surface area contributed by atoms with Crippen molar-refractivity contribution in [3.05, 3.63) is 29.8 Å². The number of aryl methyl sites for hydroxylation is 1. The molecule has 0 aromatic heterocycles. The highest BCUT2D eigenvalue weighted by Crippen LogP contribution is 2.16. The lowest BCUT2D eigenvalue weighted by Gasteiger charge is -2.37. The van der Waals surface area contributed by atoms with Gasteiger partial charge in [0, 0.05) is 26.2 Å². The van der Waals surface area contributed by atoms with Crippen molar-refractivity contribution in [2.24, 2.45) is 11.7 Å². The Labute approximate surface area is 162 Å². The van der Waals surface area contributed by atoms with Gasteiger partial charge in [-0.25, -0.2) is 0 Å². The van der Waals surface area contributed by atoms with Crippen molar-refractivity contribution < 1.29 is 14.3 Å². The van der Waals surface area contributed by atoms with Crippen molar-refractivity contribution in [3.63, 3.8) is 0 Å². The van der Waals surface area contributed by atoms with E-state index in [1.54, 1.807) is 16.7 Å². The van der Waals surface area contributed by atoms with Gasteiger partial charge >= 0.3 is 0 Å². The summed E-state index contributed by atoms with van der Waals surface area (Å²) in [6.07, 6.45) is 1.29. The van der Waals surface area contributed by atoms with Gasteiger partial charge in [-0.05, 0) is 37.0 Å². The van der Waals surface area contributed by atoms with Crippen molar-refractivity contribution in [2.75, 3.05) is 26.2 Å². The highest BCUT2D eigenvalue weighted by Gasteiger charge is 2.31. The van der Waals surface area contributed by atoms with Crippen LogP contribution in [0.15, 0.2) is 24.3 Å². The van der Waals surface area contributed by atoms with Crippen LogP contribution < -0.4 is 10.5 Å². The van der Waals surface area contributed by atoms with Crippen LogP contribution >= 0.6 is 0 Å². The third-order valence-electron chi connectivity index (χ3n) is 5.44. The standard InChI is InChI=1S/C21H33N3O3/c1-5-15(3)19(22)21(26)24-13-11-23(12-14-24)20(25)16(4)27-18-9-7-17(6-2)8-10-18/h7-10,15-16,19H,5-6,11-14,22H2,1-4H3. The minimum Gasteiger partial charge on any atom is -0.481 e. The zero-order valence-electron chi connectivity index (χ0n) is 17.0. The molecule has 1 saturated heterocycles. The Kier molecular flexibility index (Phi) is 7.66. The molecule has 0 bridgehead atoms. The predicted octanol–water partition coefficient (Wildman–Crippen LogP) is 2.06. The topological polar surface area (TPSA) is 75.9 Å². The van der Waals surface area contributed by atoms with E-state index in [1.807, 2.05) is 38.1 Å². The Morgan fingerprint density at radius 2 is 1.52 bits per heavy atom. The molecule has 27 heavy (non-hydrogen) atoms. The molecule has 6 heteroatoms. The highest BCUT2D eigenvalue weighted by atomic mass is 16.5. The molecule has 0 spiro atoms. The minimum absolute atomic E-state index is 0.0169. The average Bonchev–Trinajstić information content (AvgIpc) is 2.72. The van der Waals surface area contributed by atoms with Crippen molar-refractivity contribution >= 4 is 11.8 Å². The summed E-state index contributed by atoms with van der Waals surface area (Å²) in [6.45, 7) is 9.97. The first-order chi connectivity index (χ1) is 12.9. The van der Waals surface area contributed by atoms with E-state index >= 15 is 0 Å². The Balaban J connectivity index is 1.85. The second-order valence-electron chi connectivity index (χ2n) is 7.32. The fraction of sp³-hybridized carbons (Fsp3) is 0.619. The van der Waals surface area contributed by atoms with E-state index < -0.39 is 12.1 Å². The number of carbonyl (C=O) groups is 2. The van der Waals surface area contributed by atoms with Crippen LogP contribution in [0.2, 0.25) is 0 Å². The zero-order valence-corrected chi connectivity index (χ0v) is 17.0.